The highest BCUT2D eigenvalue weighted by Crippen LogP contribution is 2.29. The first-order chi connectivity index (χ1) is 12.1. The molecular formula is C19H26N4O2. The zero-order valence-electron chi connectivity index (χ0n) is 14.9. The summed E-state index contributed by atoms with van der Waals surface area (Å²) in [6, 6.07) is 9.93. The Kier molecular flexibility index (Phi) is 5.38. The summed E-state index contributed by atoms with van der Waals surface area (Å²) in [6.45, 7) is 5.26. The molecule has 1 aromatic heterocycles. The largest absolute Gasteiger partial charge is 0.394 e. The van der Waals surface area contributed by atoms with Crippen molar-refractivity contribution in [2.75, 3.05) is 19.7 Å². The number of nitrogens with one attached hydrogen (secondary N) is 1. The lowest BCUT2D eigenvalue weighted by Gasteiger charge is -2.36. The topological polar surface area (TPSA) is 70.4 Å². The molecule has 0 spiro atoms. The zero-order chi connectivity index (χ0) is 17.8. The molecule has 2 heterocycles. The normalized spacial score (nSPS) is 16.8. The highest BCUT2D eigenvalue weighted by Gasteiger charge is 2.29. The number of amides is 2. The number of rotatable bonds is 5. The number of nitrogens with zero attached hydrogens (tertiary/aromatic N) is 3. The molecular weight excluding hydrogens is 316 g/mol. The maximum absolute atomic E-state index is 12.6. The van der Waals surface area contributed by atoms with Crippen molar-refractivity contribution in [1.82, 2.24) is 20.0 Å². The van der Waals surface area contributed by atoms with Crippen LogP contribution in [0.15, 0.2) is 36.5 Å². The second-order valence-corrected chi connectivity index (χ2v) is 6.70. The zero-order valence-corrected chi connectivity index (χ0v) is 14.9. The van der Waals surface area contributed by atoms with E-state index in [0.717, 1.165) is 17.7 Å². The van der Waals surface area contributed by atoms with Gasteiger partial charge in [0.1, 0.15) is 0 Å². The van der Waals surface area contributed by atoms with Gasteiger partial charge in [-0.25, -0.2) is 4.79 Å². The van der Waals surface area contributed by atoms with Crippen molar-refractivity contribution in [1.29, 1.82) is 0 Å². The van der Waals surface area contributed by atoms with Crippen molar-refractivity contribution < 1.29 is 9.90 Å². The quantitative estimate of drug-likeness (QED) is 0.876. The molecule has 134 valence electrons. The van der Waals surface area contributed by atoms with Crippen LogP contribution in [-0.4, -0.2) is 45.5 Å². The summed E-state index contributed by atoms with van der Waals surface area (Å²) in [7, 11) is 0. The van der Waals surface area contributed by atoms with E-state index in [1.54, 1.807) is 4.90 Å². The van der Waals surface area contributed by atoms with Crippen molar-refractivity contribution in [3.05, 3.63) is 53.3 Å². The summed E-state index contributed by atoms with van der Waals surface area (Å²) in [5.41, 5.74) is 3.23. The Bertz CT molecular complexity index is 726. The average Bonchev–Trinajstić information content (AvgIpc) is 3.09. The first-order valence-electron chi connectivity index (χ1n) is 8.87. The van der Waals surface area contributed by atoms with Crippen LogP contribution in [0.1, 0.15) is 42.8 Å². The molecule has 0 saturated carbocycles. The second kappa shape index (κ2) is 7.70. The molecule has 1 aliphatic rings. The molecule has 2 aromatic rings. The van der Waals surface area contributed by atoms with E-state index in [9.17, 15) is 9.90 Å². The minimum Gasteiger partial charge on any atom is -0.394 e. The van der Waals surface area contributed by atoms with Gasteiger partial charge in [-0.3, -0.25) is 4.68 Å². The van der Waals surface area contributed by atoms with E-state index >= 15 is 0 Å². The maximum atomic E-state index is 12.6. The van der Waals surface area contributed by atoms with Gasteiger partial charge in [-0.1, -0.05) is 24.3 Å². The Morgan fingerprint density at radius 2 is 2.16 bits per heavy atom. The van der Waals surface area contributed by atoms with Gasteiger partial charge >= 0.3 is 6.03 Å². The Morgan fingerprint density at radius 3 is 2.88 bits per heavy atom. The molecule has 0 radical (unpaired) electrons. The molecule has 6 heteroatoms. The van der Waals surface area contributed by atoms with E-state index in [-0.39, 0.29) is 18.7 Å². The minimum atomic E-state index is -0.273. The smallest absolute Gasteiger partial charge is 0.318 e. The third-order valence-electron chi connectivity index (χ3n) is 4.70. The maximum Gasteiger partial charge on any atom is 0.318 e. The molecule has 6 nitrogen and oxygen atoms in total. The molecule has 0 unspecified atom stereocenters. The van der Waals surface area contributed by atoms with Crippen LogP contribution in [0.25, 0.3) is 0 Å². The van der Waals surface area contributed by atoms with Crippen molar-refractivity contribution >= 4 is 6.03 Å². The van der Waals surface area contributed by atoms with E-state index in [2.05, 4.69) is 30.3 Å². The lowest BCUT2D eigenvalue weighted by molar-refractivity contribution is 0.127. The average molecular weight is 342 g/mol. The highest BCUT2D eigenvalue weighted by atomic mass is 16.3. The number of hydrogen-bond acceptors (Lipinski definition) is 3. The molecule has 1 aromatic carbocycles. The number of aliphatic hydroxyl groups excluding tert-OH is 1. The summed E-state index contributed by atoms with van der Waals surface area (Å²) in [6.07, 6.45) is 3.48. The molecule has 3 rings (SSSR count). The van der Waals surface area contributed by atoms with Gasteiger partial charge in [0.25, 0.3) is 0 Å². The van der Waals surface area contributed by atoms with Crippen LogP contribution in [0.4, 0.5) is 4.79 Å². The van der Waals surface area contributed by atoms with Crippen molar-refractivity contribution in [3.63, 3.8) is 0 Å². The number of fused-ring (bicyclic) bond motifs is 1. The third kappa shape index (κ3) is 3.85. The Labute approximate surface area is 148 Å². The predicted molar refractivity (Wildman–Crippen MR) is 96.4 cm³/mol. The summed E-state index contributed by atoms with van der Waals surface area (Å²) in [5, 5.41) is 17.2. The SMILES string of the molecule is CC(C)n1ccc(CCNC(=O)N2CCc3ccccc3[C@H]2CO)n1. The molecule has 2 N–H and O–H groups in total. The second-order valence-electron chi connectivity index (χ2n) is 6.70. The molecule has 1 aliphatic heterocycles. The van der Waals surface area contributed by atoms with Gasteiger partial charge < -0.3 is 15.3 Å². The lowest BCUT2D eigenvalue weighted by Crippen LogP contribution is -2.47. The van der Waals surface area contributed by atoms with Gasteiger partial charge in [-0.15, -0.1) is 0 Å². The fraction of sp³-hybridized carbons (Fsp3) is 0.474. The summed E-state index contributed by atoms with van der Waals surface area (Å²) in [5.74, 6) is 0. The number of urea groups is 1. The minimum absolute atomic E-state index is 0.0662. The van der Waals surface area contributed by atoms with Crippen LogP contribution in [0, 0.1) is 0 Å². The molecule has 0 saturated heterocycles. The van der Waals surface area contributed by atoms with Crippen LogP contribution >= 0.6 is 0 Å². The van der Waals surface area contributed by atoms with Gasteiger partial charge in [0.2, 0.25) is 0 Å². The number of carbonyl (C=O) groups excluding carboxylic acids is 1. The molecule has 0 aliphatic carbocycles. The van der Waals surface area contributed by atoms with Crippen molar-refractivity contribution in [2.45, 2.75) is 38.8 Å². The number of aromatic nitrogens is 2. The molecule has 2 amide bonds. The van der Waals surface area contributed by atoms with E-state index in [4.69, 9.17) is 0 Å². The van der Waals surface area contributed by atoms with Gasteiger partial charge in [0.15, 0.2) is 0 Å². The molecule has 0 bridgehead atoms. The first kappa shape index (κ1) is 17.5. The molecule has 1 atom stereocenters. The Balaban J connectivity index is 1.57. The Morgan fingerprint density at radius 1 is 1.36 bits per heavy atom. The number of hydrogen-bond donors (Lipinski definition) is 2. The fourth-order valence-corrected chi connectivity index (χ4v) is 3.29. The van der Waals surface area contributed by atoms with E-state index in [1.807, 2.05) is 35.1 Å². The van der Waals surface area contributed by atoms with Crippen LogP contribution < -0.4 is 5.32 Å². The standard InChI is InChI=1S/C19H26N4O2/c1-14(2)23-12-9-16(21-23)7-10-20-19(25)22-11-8-15-5-3-4-6-17(15)18(22)13-24/h3-6,9,12,14,18,24H,7-8,10-11,13H2,1-2H3,(H,20,25)/t18-/m1/s1. The van der Waals surface area contributed by atoms with Crippen LogP contribution in [0.5, 0.6) is 0 Å². The first-order valence-corrected chi connectivity index (χ1v) is 8.87. The van der Waals surface area contributed by atoms with Crippen molar-refractivity contribution in [3.8, 4) is 0 Å². The third-order valence-corrected chi connectivity index (χ3v) is 4.70. The molecule has 25 heavy (non-hydrogen) atoms. The van der Waals surface area contributed by atoms with Gasteiger partial charge in [0.05, 0.1) is 18.3 Å². The van der Waals surface area contributed by atoms with E-state index in [1.165, 1.54) is 5.56 Å². The van der Waals surface area contributed by atoms with Gasteiger partial charge in [0, 0.05) is 31.7 Å². The summed E-state index contributed by atoms with van der Waals surface area (Å²) < 4.78 is 1.92. The molecule has 0 fully saturated rings. The van der Waals surface area contributed by atoms with Gasteiger partial charge in [-0.05, 0) is 37.5 Å². The monoisotopic (exact) mass is 342 g/mol. The van der Waals surface area contributed by atoms with Gasteiger partial charge in [-0.2, -0.15) is 5.10 Å². The number of carbonyl (C=O) groups is 1. The summed E-state index contributed by atoms with van der Waals surface area (Å²) >= 11 is 0. The lowest BCUT2D eigenvalue weighted by atomic mass is 9.93. The Hall–Kier alpha value is -2.34. The summed E-state index contributed by atoms with van der Waals surface area (Å²) in [4.78, 5) is 14.3. The van der Waals surface area contributed by atoms with Crippen molar-refractivity contribution in [2.24, 2.45) is 0 Å². The number of benzene rings is 1. The predicted octanol–water partition coefficient (Wildman–Crippen LogP) is 2.31. The van der Waals surface area contributed by atoms with Crippen LogP contribution in [-0.2, 0) is 12.8 Å². The highest BCUT2D eigenvalue weighted by molar-refractivity contribution is 5.75. The van der Waals surface area contributed by atoms with Crippen LogP contribution in [0.2, 0.25) is 0 Å². The van der Waals surface area contributed by atoms with E-state index < -0.39 is 0 Å². The van der Waals surface area contributed by atoms with Crippen LogP contribution in [0.3, 0.4) is 0 Å². The fourth-order valence-electron chi connectivity index (χ4n) is 3.29. The van der Waals surface area contributed by atoms with E-state index in [0.29, 0.717) is 25.6 Å². The number of aliphatic hydroxyl groups is 1.